The van der Waals surface area contributed by atoms with Crippen molar-refractivity contribution in [1.29, 1.82) is 0 Å². The summed E-state index contributed by atoms with van der Waals surface area (Å²) in [6, 6.07) is 8.66. The molecular formula is C18H28N2O. The Labute approximate surface area is 128 Å². The lowest BCUT2D eigenvalue weighted by Gasteiger charge is -2.18. The summed E-state index contributed by atoms with van der Waals surface area (Å²) in [6.45, 7) is 6.16. The molecule has 0 aromatic heterocycles. The van der Waals surface area contributed by atoms with Gasteiger partial charge in [0.1, 0.15) is 0 Å². The maximum atomic E-state index is 11.7. The minimum Gasteiger partial charge on any atom is -0.382 e. The Morgan fingerprint density at radius 2 is 1.71 bits per heavy atom. The number of carbonyl (C=O) groups excluding carboxylic acids is 1. The van der Waals surface area contributed by atoms with Crippen molar-refractivity contribution in [2.45, 2.75) is 58.9 Å². The third-order valence-electron chi connectivity index (χ3n) is 4.31. The van der Waals surface area contributed by atoms with Crippen LogP contribution in [0, 0.1) is 11.8 Å². The third-order valence-corrected chi connectivity index (χ3v) is 4.31. The molecule has 1 aliphatic carbocycles. The molecule has 1 fully saturated rings. The number of amides is 1. The maximum absolute atomic E-state index is 11.7. The molecule has 3 nitrogen and oxygen atoms in total. The van der Waals surface area contributed by atoms with Crippen LogP contribution < -0.4 is 10.6 Å². The molecule has 3 heteroatoms. The van der Waals surface area contributed by atoms with Crippen LogP contribution in [0.4, 0.5) is 11.4 Å². The molecule has 21 heavy (non-hydrogen) atoms. The Morgan fingerprint density at radius 3 is 2.38 bits per heavy atom. The Hall–Kier alpha value is -1.51. The lowest BCUT2D eigenvalue weighted by atomic mass is 10.0. The first-order chi connectivity index (χ1) is 10.0. The Kier molecular flexibility index (Phi) is 5.66. The fourth-order valence-electron chi connectivity index (χ4n) is 2.80. The average molecular weight is 288 g/mol. The van der Waals surface area contributed by atoms with Gasteiger partial charge in [0, 0.05) is 23.3 Å². The molecule has 2 unspecified atom stereocenters. The van der Waals surface area contributed by atoms with Crippen LogP contribution in [0.3, 0.4) is 0 Å². The van der Waals surface area contributed by atoms with Crippen LogP contribution in [0.2, 0.25) is 0 Å². The van der Waals surface area contributed by atoms with Crippen molar-refractivity contribution in [3.05, 3.63) is 24.3 Å². The fraction of sp³-hybridized carbons (Fsp3) is 0.611. The molecule has 2 N–H and O–H groups in total. The molecule has 1 aromatic carbocycles. The number of carbonyl (C=O) groups is 1. The standard InChI is InChI=1S/C18H28N2O/c1-13(2)18(21)20-17-11-9-16(10-12-17)19-15-6-4-5-14(3)7-8-15/h9-15,19H,4-8H2,1-3H3,(H,20,21). The highest BCUT2D eigenvalue weighted by molar-refractivity contribution is 5.92. The van der Waals surface area contributed by atoms with Gasteiger partial charge in [-0.15, -0.1) is 0 Å². The molecule has 1 aromatic rings. The maximum Gasteiger partial charge on any atom is 0.226 e. The van der Waals surface area contributed by atoms with Crippen molar-refractivity contribution in [2.75, 3.05) is 10.6 Å². The summed E-state index contributed by atoms with van der Waals surface area (Å²) in [5.74, 6) is 0.940. The summed E-state index contributed by atoms with van der Waals surface area (Å²) < 4.78 is 0. The van der Waals surface area contributed by atoms with E-state index in [0.717, 1.165) is 17.3 Å². The predicted molar refractivity (Wildman–Crippen MR) is 89.6 cm³/mol. The first kappa shape index (κ1) is 15.9. The van der Waals surface area contributed by atoms with E-state index in [0.29, 0.717) is 6.04 Å². The van der Waals surface area contributed by atoms with Gasteiger partial charge in [-0.1, -0.05) is 33.6 Å². The minimum atomic E-state index is 0.00998. The third kappa shape index (κ3) is 5.07. The lowest BCUT2D eigenvalue weighted by Crippen LogP contribution is -2.19. The molecule has 0 saturated heterocycles. The predicted octanol–water partition coefficient (Wildman–Crippen LogP) is 4.66. The normalized spacial score (nSPS) is 22.7. The van der Waals surface area contributed by atoms with Crippen LogP contribution >= 0.6 is 0 Å². The fourth-order valence-corrected chi connectivity index (χ4v) is 2.80. The van der Waals surface area contributed by atoms with Gasteiger partial charge in [-0.3, -0.25) is 4.79 Å². The molecule has 0 aliphatic heterocycles. The zero-order chi connectivity index (χ0) is 15.2. The summed E-state index contributed by atoms with van der Waals surface area (Å²) in [6.07, 6.45) is 6.52. The van der Waals surface area contributed by atoms with Gasteiger partial charge in [-0.05, 0) is 49.4 Å². The number of rotatable bonds is 4. The lowest BCUT2D eigenvalue weighted by molar-refractivity contribution is -0.118. The van der Waals surface area contributed by atoms with E-state index in [4.69, 9.17) is 0 Å². The van der Waals surface area contributed by atoms with Crippen molar-refractivity contribution < 1.29 is 4.79 Å². The van der Waals surface area contributed by atoms with E-state index in [1.165, 1.54) is 32.1 Å². The van der Waals surface area contributed by atoms with Gasteiger partial charge < -0.3 is 10.6 Å². The van der Waals surface area contributed by atoms with Crippen LogP contribution in [0.5, 0.6) is 0 Å². The van der Waals surface area contributed by atoms with Crippen molar-refractivity contribution in [3.8, 4) is 0 Å². The van der Waals surface area contributed by atoms with Gasteiger partial charge in [0.25, 0.3) is 0 Å². The van der Waals surface area contributed by atoms with Crippen molar-refractivity contribution in [3.63, 3.8) is 0 Å². The second kappa shape index (κ2) is 7.48. The monoisotopic (exact) mass is 288 g/mol. The van der Waals surface area contributed by atoms with Gasteiger partial charge in [-0.2, -0.15) is 0 Å². The molecule has 0 radical (unpaired) electrons. The van der Waals surface area contributed by atoms with Gasteiger partial charge >= 0.3 is 0 Å². The SMILES string of the molecule is CC1CCCC(Nc2ccc(NC(=O)C(C)C)cc2)CC1. The molecule has 0 heterocycles. The minimum absolute atomic E-state index is 0.00998. The van der Waals surface area contributed by atoms with E-state index in [1.807, 2.05) is 26.0 Å². The van der Waals surface area contributed by atoms with Crippen LogP contribution in [0.15, 0.2) is 24.3 Å². The van der Waals surface area contributed by atoms with E-state index in [2.05, 4.69) is 29.7 Å². The number of nitrogens with one attached hydrogen (secondary N) is 2. The van der Waals surface area contributed by atoms with Gasteiger partial charge in [0.2, 0.25) is 5.91 Å². The van der Waals surface area contributed by atoms with Crippen LogP contribution in [0.25, 0.3) is 0 Å². The molecule has 2 rings (SSSR count). The highest BCUT2D eigenvalue weighted by atomic mass is 16.1. The van der Waals surface area contributed by atoms with Gasteiger partial charge in [0.05, 0.1) is 0 Å². The zero-order valence-electron chi connectivity index (χ0n) is 13.5. The summed E-state index contributed by atoms with van der Waals surface area (Å²) in [7, 11) is 0. The molecule has 1 saturated carbocycles. The van der Waals surface area contributed by atoms with Gasteiger partial charge in [-0.25, -0.2) is 0 Å². The number of anilines is 2. The smallest absolute Gasteiger partial charge is 0.226 e. The van der Waals surface area contributed by atoms with Crippen LogP contribution in [0.1, 0.15) is 52.9 Å². The zero-order valence-corrected chi connectivity index (χ0v) is 13.5. The molecule has 1 aliphatic rings. The second-order valence-electron chi connectivity index (χ2n) is 6.68. The summed E-state index contributed by atoms with van der Waals surface area (Å²) >= 11 is 0. The summed E-state index contributed by atoms with van der Waals surface area (Å²) in [4.78, 5) is 11.7. The Balaban J connectivity index is 1.88. The Morgan fingerprint density at radius 1 is 1.05 bits per heavy atom. The van der Waals surface area contributed by atoms with E-state index in [9.17, 15) is 4.79 Å². The van der Waals surface area contributed by atoms with E-state index in [-0.39, 0.29) is 11.8 Å². The van der Waals surface area contributed by atoms with Crippen molar-refractivity contribution >= 4 is 17.3 Å². The molecule has 1 amide bonds. The number of hydrogen-bond acceptors (Lipinski definition) is 2. The largest absolute Gasteiger partial charge is 0.382 e. The Bertz CT molecular complexity index is 453. The average Bonchev–Trinajstić information content (AvgIpc) is 2.66. The molecular weight excluding hydrogens is 260 g/mol. The second-order valence-corrected chi connectivity index (χ2v) is 6.68. The van der Waals surface area contributed by atoms with E-state index >= 15 is 0 Å². The van der Waals surface area contributed by atoms with Crippen molar-refractivity contribution in [1.82, 2.24) is 0 Å². The molecule has 2 atom stereocenters. The van der Waals surface area contributed by atoms with E-state index in [1.54, 1.807) is 0 Å². The summed E-state index contributed by atoms with van der Waals surface area (Å²) in [5, 5.41) is 6.55. The highest BCUT2D eigenvalue weighted by Gasteiger charge is 2.15. The topological polar surface area (TPSA) is 41.1 Å². The van der Waals surface area contributed by atoms with Gasteiger partial charge in [0.15, 0.2) is 0 Å². The number of hydrogen-bond donors (Lipinski definition) is 2. The van der Waals surface area contributed by atoms with E-state index < -0.39 is 0 Å². The van der Waals surface area contributed by atoms with Crippen molar-refractivity contribution in [2.24, 2.45) is 11.8 Å². The number of benzene rings is 1. The summed E-state index contributed by atoms with van der Waals surface area (Å²) in [5.41, 5.74) is 2.02. The van der Waals surface area contributed by atoms with Crippen LogP contribution in [-0.4, -0.2) is 11.9 Å². The molecule has 0 spiro atoms. The first-order valence-corrected chi connectivity index (χ1v) is 8.22. The highest BCUT2D eigenvalue weighted by Crippen LogP contribution is 2.25. The molecule has 0 bridgehead atoms. The first-order valence-electron chi connectivity index (χ1n) is 8.22. The molecule has 116 valence electrons. The van der Waals surface area contributed by atoms with Crippen LogP contribution in [-0.2, 0) is 4.79 Å². The quantitative estimate of drug-likeness (QED) is 0.791.